The number of anilines is 2. The van der Waals surface area contributed by atoms with Crippen LogP contribution >= 0.6 is 0 Å². The molecular weight excluding hydrogens is 254 g/mol. The van der Waals surface area contributed by atoms with E-state index in [9.17, 15) is 8.42 Å². The number of benzene rings is 1. The van der Waals surface area contributed by atoms with Crippen molar-refractivity contribution in [1.82, 2.24) is 4.72 Å². The molecule has 0 spiro atoms. The molecule has 1 rings (SSSR count). The highest BCUT2D eigenvalue weighted by Crippen LogP contribution is 2.24. The molecule has 0 radical (unpaired) electrons. The van der Waals surface area contributed by atoms with Crippen molar-refractivity contribution in [3.63, 3.8) is 0 Å². The van der Waals surface area contributed by atoms with Crippen LogP contribution in [-0.2, 0) is 10.2 Å². The first-order chi connectivity index (χ1) is 8.34. The minimum atomic E-state index is -3.56. The van der Waals surface area contributed by atoms with Gasteiger partial charge in [0.05, 0.1) is 18.5 Å². The molecule has 18 heavy (non-hydrogen) atoms. The fourth-order valence-corrected chi connectivity index (χ4v) is 2.33. The molecule has 0 aliphatic carbocycles. The molecule has 6 nitrogen and oxygen atoms in total. The van der Waals surface area contributed by atoms with Crippen molar-refractivity contribution in [2.75, 3.05) is 24.1 Å². The summed E-state index contributed by atoms with van der Waals surface area (Å²) in [6.45, 7) is 4.22. The second kappa shape index (κ2) is 5.92. The van der Waals surface area contributed by atoms with Gasteiger partial charge in [-0.2, -0.15) is 13.1 Å². The highest BCUT2D eigenvalue weighted by molar-refractivity contribution is 7.90. The van der Waals surface area contributed by atoms with Gasteiger partial charge in [-0.1, -0.05) is 13.8 Å². The molecule has 0 saturated carbocycles. The summed E-state index contributed by atoms with van der Waals surface area (Å²) in [5, 5.41) is 0. The van der Waals surface area contributed by atoms with Gasteiger partial charge in [-0.25, -0.2) is 0 Å². The topological polar surface area (TPSA) is 93.4 Å². The van der Waals surface area contributed by atoms with Crippen LogP contribution in [-0.4, -0.2) is 22.1 Å². The van der Waals surface area contributed by atoms with Gasteiger partial charge in [-0.05, 0) is 24.1 Å². The quantitative estimate of drug-likeness (QED) is 0.678. The van der Waals surface area contributed by atoms with Crippen LogP contribution in [0.4, 0.5) is 11.4 Å². The van der Waals surface area contributed by atoms with E-state index in [-0.39, 0.29) is 5.92 Å². The molecule has 102 valence electrons. The lowest BCUT2D eigenvalue weighted by Gasteiger charge is -2.12. The number of ether oxygens (including phenoxy) is 1. The predicted octanol–water partition coefficient (Wildman–Crippen LogP) is 1.18. The second-order valence-electron chi connectivity index (χ2n) is 4.30. The Kier molecular flexibility index (Phi) is 4.80. The second-order valence-corrected chi connectivity index (χ2v) is 5.80. The van der Waals surface area contributed by atoms with Gasteiger partial charge in [0.2, 0.25) is 0 Å². The SMILES string of the molecule is COc1ccc(NS(=O)(=O)NCC(C)C)cc1N. The fourth-order valence-electron chi connectivity index (χ4n) is 1.27. The molecule has 4 N–H and O–H groups in total. The lowest BCUT2D eigenvalue weighted by Crippen LogP contribution is -2.32. The highest BCUT2D eigenvalue weighted by atomic mass is 32.2. The summed E-state index contributed by atoms with van der Waals surface area (Å²) in [5.41, 5.74) is 6.46. The number of nitrogens with one attached hydrogen (secondary N) is 2. The molecule has 7 heteroatoms. The van der Waals surface area contributed by atoms with Gasteiger partial charge >= 0.3 is 0 Å². The molecule has 0 saturated heterocycles. The van der Waals surface area contributed by atoms with Crippen LogP contribution < -0.4 is 19.9 Å². The van der Waals surface area contributed by atoms with E-state index in [0.717, 1.165) is 0 Å². The van der Waals surface area contributed by atoms with Crippen molar-refractivity contribution in [2.45, 2.75) is 13.8 Å². The van der Waals surface area contributed by atoms with Crippen LogP contribution in [0.3, 0.4) is 0 Å². The minimum absolute atomic E-state index is 0.238. The maximum Gasteiger partial charge on any atom is 0.299 e. The van der Waals surface area contributed by atoms with Crippen molar-refractivity contribution in [2.24, 2.45) is 5.92 Å². The smallest absolute Gasteiger partial charge is 0.299 e. The number of methoxy groups -OCH3 is 1. The summed E-state index contributed by atoms with van der Waals surface area (Å²) in [4.78, 5) is 0. The number of nitrogen functional groups attached to an aromatic ring is 1. The Morgan fingerprint density at radius 3 is 2.56 bits per heavy atom. The van der Waals surface area contributed by atoms with E-state index < -0.39 is 10.2 Å². The van der Waals surface area contributed by atoms with Gasteiger partial charge in [0.15, 0.2) is 0 Å². The first-order valence-electron chi connectivity index (χ1n) is 5.55. The molecular formula is C11H19N3O3S. The molecule has 1 aromatic carbocycles. The van der Waals surface area contributed by atoms with Crippen molar-refractivity contribution in [3.8, 4) is 5.75 Å². The molecule has 0 aliphatic heterocycles. The largest absolute Gasteiger partial charge is 0.495 e. The van der Waals surface area contributed by atoms with Crippen LogP contribution in [0.5, 0.6) is 5.75 Å². The third-order valence-corrected chi connectivity index (χ3v) is 3.21. The van der Waals surface area contributed by atoms with Gasteiger partial charge in [0.1, 0.15) is 5.75 Å². The summed E-state index contributed by atoms with van der Waals surface area (Å²) in [7, 11) is -2.06. The van der Waals surface area contributed by atoms with Gasteiger partial charge in [-0.3, -0.25) is 4.72 Å². The van der Waals surface area contributed by atoms with E-state index in [0.29, 0.717) is 23.7 Å². The van der Waals surface area contributed by atoms with Crippen molar-refractivity contribution in [1.29, 1.82) is 0 Å². The zero-order valence-corrected chi connectivity index (χ0v) is 11.5. The zero-order valence-electron chi connectivity index (χ0n) is 10.7. The number of hydrogen-bond acceptors (Lipinski definition) is 4. The Bertz CT molecular complexity index is 500. The lowest BCUT2D eigenvalue weighted by atomic mass is 10.2. The maximum absolute atomic E-state index is 11.7. The third kappa shape index (κ3) is 4.42. The average Bonchev–Trinajstić information content (AvgIpc) is 2.26. The summed E-state index contributed by atoms with van der Waals surface area (Å²) < 4.78 is 33.2. The molecule has 0 aliphatic rings. The van der Waals surface area contributed by atoms with Gasteiger partial charge < -0.3 is 10.5 Å². The monoisotopic (exact) mass is 273 g/mol. The van der Waals surface area contributed by atoms with E-state index in [1.165, 1.54) is 13.2 Å². The van der Waals surface area contributed by atoms with Crippen LogP contribution in [0.15, 0.2) is 18.2 Å². The van der Waals surface area contributed by atoms with Crippen LogP contribution in [0.25, 0.3) is 0 Å². The van der Waals surface area contributed by atoms with Crippen molar-refractivity contribution < 1.29 is 13.2 Å². The zero-order chi connectivity index (χ0) is 13.8. The van der Waals surface area contributed by atoms with E-state index >= 15 is 0 Å². The standard InChI is InChI=1S/C11H19N3O3S/c1-8(2)7-13-18(15,16)14-9-4-5-11(17-3)10(12)6-9/h4-6,8,13-14H,7,12H2,1-3H3. The van der Waals surface area contributed by atoms with Gasteiger partial charge in [0.25, 0.3) is 10.2 Å². The Hall–Kier alpha value is -1.47. The van der Waals surface area contributed by atoms with Crippen LogP contribution in [0.1, 0.15) is 13.8 Å². The summed E-state index contributed by atoms with van der Waals surface area (Å²) >= 11 is 0. The number of nitrogens with two attached hydrogens (primary N) is 1. The summed E-state index contributed by atoms with van der Waals surface area (Å²) in [5.74, 6) is 0.746. The van der Waals surface area contributed by atoms with Gasteiger partial charge in [-0.15, -0.1) is 0 Å². The normalized spacial score (nSPS) is 11.6. The molecule has 0 amide bonds. The summed E-state index contributed by atoms with van der Waals surface area (Å²) in [6.07, 6.45) is 0. The molecule has 0 unspecified atom stereocenters. The number of hydrogen-bond donors (Lipinski definition) is 3. The Morgan fingerprint density at radius 1 is 1.39 bits per heavy atom. The maximum atomic E-state index is 11.7. The van der Waals surface area contributed by atoms with Crippen molar-refractivity contribution >= 4 is 21.6 Å². The van der Waals surface area contributed by atoms with E-state index in [2.05, 4.69) is 9.44 Å². The first kappa shape index (κ1) is 14.6. The molecule has 0 atom stereocenters. The molecule has 0 aromatic heterocycles. The van der Waals surface area contributed by atoms with Crippen molar-refractivity contribution in [3.05, 3.63) is 18.2 Å². The minimum Gasteiger partial charge on any atom is -0.495 e. The van der Waals surface area contributed by atoms with E-state index in [4.69, 9.17) is 10.5 Å². The Balaban J connectivity index is 2.75. The highest BCUT2D eigenvalue weighted by Gasteiger charge is 2.11. The average molecular weight is 273 g/mol. The Labute approximate surface area is 108 Å². The molecule has 0 heterocycles. The van der Waals surface area contributed by atoms with Crippen LogP contribution in [0, 0.1) is 5.92 Å². The lowest BCUT2D eigenvalue weighted by molar-refractivity contribution is 0.417. The molecule has 0 fully saturated rings. The fraction of sp³-hybridized carbons (Fsp3) is 0.455. The molecule has 0 bridgehead atoms. The van der Waals surface area contributed by atoms with Crippen LogP contribution in [0.2, 0.25) is 0 Å². The Morgan fingerprint density at radius 2 is 2.06 bits per heavy atom. The third-order valence-electron chi connectivity index (χ3n) is 2.16. The van der Waals surface area contributed by atoms with Gasteiger partial charge in [0, 0.05) is 6.54 Å². The van der Waals surface area contributed by atoms with E-state index in [1.807, 2.05) is 13.8 Å². The summed E-state index contributed by atoms with van der Waals surface area (Å²) in [6, 6.07) is 4.70. The first-order valence-corrected chi connectivity index (χ1v) is 7.03. The number of rotatable bonds is 6. The predicted molar refractivity (Wildman–Crippen MR) is 72.8 cm³/mol. The molecule has 1 aromatic rings. The van der Waals surface area contributed by atoms with E-state index in [1.54, 1.807) is 12.1 Å².